The lowest BCUT2D eigenvalue weighted by Gasteiger charge is -2.37. The second-order valence-corrected chi connectivity index (χ2v) is 8.52. The molecule has 0 spiro atoms. The molecule has 21 heavy (non-hydrogen) atoms. The van der Waals surface area contributed by atoms with Gasteiger partial charge < -0.3 is 10.6 Å². The van der Waals surface area contributed by atoms with Crippen LogP contribution in [0.25, 0.3) is 0 Å². The Balaban J connectivity index is 2.05. The van der Waals surface area contributed by atoms with Crippen LogP contribution in [0, 0.1) is 5.92 Å². The van der Waals surface area contributed by atoms with E-state index >= 15 is 0 Å². The van der Waals surface area contributed by atoms with Crippen molar-refractivity contribution in [3.63, 3.8) is 0 Å². The Kier molecular flexibility index (Phi) is 5.44. The summed E-state index contributed by atoms with van der Waals surface area (Å²) < 4.78 is 0. The van der Waals surface area contributed by atoms with Crippen LogP contribution in [-0.2, 0) is 5.41 Å². The van der Waals surface area contributed by atoms with Crippen LogP contribution in [0.4, 0.5) is 0 Å². The van der Waals surface area contributed by atoms with Gasteiger partial charge in [-0.25, -0.2) is 4.98 Å². The Labute approximate surface area is 133 Å². The van der Waals surface area contributed by atoms with Crippen molar-refractivity contribution >= 4 is 11.3 Å². The minimum absolute atomic E-state index is 0.134. The summed E-state index contributed by atoms with van der Waals surface area (Å²) in [7, 11) is 0. The smallest absolute Gasteiger partial charge is 0.0974 e. The normalized spacial score (nSPS) is 20.1. The first-order valence-corrected chi connectivity index (χ1v) is 9.11. The fourth-order valence-corrected chi connectivity index (χ4v) is 4.39. The van der Waals surface area contributed by atoms with Crippen LogP contribution in [0.2, 0.25) is 0 Å². The highest BCUT2D eigenvalue weighted by Gasteiger charge is 2.30. The lowest BCUT2D eigenvalue weighted by molar-refractivity contribution is 0.138. The van der Waals surface area contributed by atoms with Gasteiger partial charge in [0.2, 0.25) is 0 Å². The van der Waals surface area contributed by atoms with E-state index in [0.717, 1.165) is 6.54 Å². The number of hydrogen-bond donors (Lipinski definition) is 1. The van der Waals surface area contributed by atoms with Gasteiger partial charge in [0, 0.05) is 29.3 Å². The third kappa shape index (κ3) is 4.05. The minimum atomic E-state index is 0.134. The second-order valence-electron chi connectivity index (χ2n) is 7.63. The number of nitrogens with two attached hydrogens (primary N) is 1. The maximum Gasteiger partial charge on any atom is 0.0974 e. The summed E-state index contributed by atoms with van der Waals surface area (Å²) in [6, 6.07) is 0.662. The zero-order chi connectivity index (χ0) is 15.6. The molecular formula is C17H31N3S. The number of nitrogens with zero attached hydrogens (tertiary/aromatic N) is 2. The Hall–Kier alpha value is -0.450. The summed E-state index contributed by atoms with van der Waals surface area (Å²) in [5.41, 5.74) is 7.44. The van der Waals surface area contributed by atoms with Gasteiger partial charge in [-0.2, -0.15) is 0 Å². The van der Waals surface area contributed by atoms with Gasteiger partial charge in [0.25, 0.3) is 0 Å². The Bertz CT molecular complexity index is 439. The number of piperidine rings is 1. The maximum atomic E-state index is 6.10. The quantitative estimate of drug-likeness (QED) is 0.924. The first-order chi connectivity index (χ1) is 9.82. The third-order valence-corrected chi connectivity index (χ3v) is 5.71. The van der Waals surface area contributed by atoms with Crippen LogP contribution in [-0.4, -0.2) is 35.6 Å². The summed E-state index contributed by atoms with van der Waals surface area (Å²) in [5.74, 6) is 1.14. The molecule has 2 rings (SSSR count). The molecule has 1 aliphatic rings. The standard InChI is InChI=1S/C17H31N3S/c1-12(2)20-8-6-13(7-9-20)14(10-18)16-19-15(11-21-16)17(3,4)5/h11-14H,6-10,18H2,1-5H3. The van der Waals surface area contributed by atoms with E-state index in [9.17, 15) is 0 Å². The molecule has 0 aliphatic carbocycles. The van der Waals surface area contributed by atoms with E-state index < -0.39 is 0 Å². The molecule has 3 nitrogen and oxygen atoms in total. The molecule has 1 atom stereocenters. The van der Waals surface area contributed by atoms with Gasteiger partial charge in [-0.3, -0.25) is 0 Å². The van der Waals surface area contributed by atoms with Crippen LogP contribution in [0.15, 0.2) is 5.38 Å². The van der Waals surface area contributed by atoms with E-state index in [4.69, 9.17) is 10.7 Å². The predicted molar refractivity (Wildman–Crippen MR) is 92.0 cm³/mol. The summed E-state index contributed by atoms with van der Waals surface area (Å²) >= 11 is 1.81. The summed E-state index contributed by atoms with van der Waals surface area (Å²) in [6.07, 6.45) is 2.51. The molecule has 2 N–H and O–H groups in total. The molecule has 1 fully saturated rings. The van der Waals surface area contributed by atoms with Crippen molar-refractivity contribution in [3.05, 3.63) is 16.1 Å². The number of rotatable bonds is 4. The van der Waals surface area contributed by atoms with Crippen LogP contribution in [0.5, 0.6) is 0 Å². The minimum Gasteiger partial charge on any atom is -0.330 e. The van der Waals surface area contributed by atoms with Crippen molar-refractivity contribution in [2.45, 2.75) is 64.8 Å². The molecule has 0 saturated carbocycles. The monoisotopic (exact) mass is 309 g/mol. The lowest BCUT2D eigenvalue weighted by atomic mass is 9.84. The van der Waals surface area contributed by atoms with Gasteiger partial charge in [-0.1, -0.05) is 20.8 Å². The molecule has 1 aromatic rings. The van der Waals surface area contributed by atoms with Crippen molar-refractivity contribution in [2.24, 2.45) is 11.7 Å². The average molecular weight is 310 g/mol. The van der Waals surface area contributed by atoms with Gasteiger partial charge in [0.15, 0.2) is 0 Å². The van der Waals surface area contributed by atoms with E-state index in [1.165, 1.54) is 36.6 Å². The number of thiazole rings is 1. The molecule has 2 heterocycles. The first kappa shape index (κ1) is 16.9. The van der Waals surface area contributed by atoms with E-state index in [-0.39, 0.29) is 5.41 Å². The lowest BCUT2D eigenvalue weighted by Crippen LogP contribution is -2.40. The Morgan fingerprint density at radius 3 is 2.38 bits per heavy atom. The molecule has 120 valence electrons. The van der Waals surface area contributed by atoms with Crippen molar-refractivity contribution < 1.29 is 0 Å². The highest BCUT2D eigenvalue weighted by Crippen LogP contribution is 2.35. The zero-order valence-corrected chi connectivity index (χ0v) is 15.0. The summed E-state index contributed by atoms with van der Waals surface area (Å²) in [5, 5.41) is 3.48. The molecule has 1 unspecified atom stereocenters. The number of aromatic nitrogens is 1. The van der Waals surface area contributed by atoms with Gasteiger partial charge in [0.05, 0.1) is 10.7 Å². The topological polar surface area (TPSA) is 42.1 Å². The molecule has 0 aromatic carbocycles. The first-order valence-electron chi connectivity index (χ1n) is 8.23. The van der Waals surface area contributed by atoms with Crippen LogP contribution in [0.3, 0.4) is 0 Å². The molecular weight excluding hydrogens is 278 g/mol. The SMILES string of the molecule is CC(C)N1CCC(C(CN)c2nc(C(C)(C)C)cs2)CC1. The number of likely N-dealkylation sites (tertiary alicyclic amines) is 1. The molecule has 0 radical (unpaired) electrons. The van der Waals surface area contributed by atoms with Crippen molar-refractivity contribution in [1.82, 2.24) is 9.88 Å². The number of hydrogen-bond acceptors (Lipinski definition) is 4. The molecule has 1 aromatic heterocycles. The molecule has 1 saturated heterocycles. The molecule has 4 heteroatoms. The molecule has 0 bridgehead atoms. The fourth-order valence-electron chi connectivity index (χ4n) is 3.14. The van der Waals surface area contributed by atoms with Crippen molar-refractivity contribution in [2.75, 3.05) is 19.6 Å². The van der Waals surface area contributed by atoms with Crippen LogP contribution < -0.4 is 5.73 Å². The van der Waals surface area contributed by atoms with Gasteiger partial charge >= 0.3 is 0 Å². The van der Waals surface area contributed by atoms with Gasteiger partial charge in [-0.05, 0) is 45.7 Å². The predicted octanol–water partition coefficient (Wildman–Crippen LogP) is 3.60. The largest absolute Gasteiger partial charge is 0.330 e. The van der Waals surface area contributed by atoms with E-state index in [0.29, 0.717) is 17.9 Å². The van der Waals surface area contributed by atoms with E-state index in [1.54, 1.807) is 11.3 Å². The summed E-state index contributed by atoms with van der Waals surface area (Å²) in [4.78, 5) is 7.48. The fraction of sp³-hybridized carbons (Fsp3) is 0.824. The second kappa shape index (κ2) is 6.76. The van der Waals surface area contributed by atoms with Crippen LogP contribution in [0.1, 0.15) is 64.1 Å². The van der Waals surface area contributed by atoms with Gasteiger partial charge in [-0.15, -0.1) is 11.3 Å². The third-order valence-electron chi connectivity index (χ3n) is 4.74. The highest BCUT2D eigenvalue weighted by atomic mass is 32.1. The van der Waals surface area contributed by atoms with E-state index in [2.05, 4.69) is 44.9 Å². The molecule has 0 amide bonds. The van der Waals surface area contributed by atoms with Crippen LogP contribution >= 0.6 is 11.3 Å². The Morgan fingerprint density at radius 2 is 1.95 bits per heavy atom. The Morgan fingerprint density at radius 1 is 1.33 bits per heavy atom. The van der Waals surface area contributed by atoms with Crippen molar-refractivity contribution in [1.29, 1.82) is 0 Å². The average Bonchev–Trinajstić information content (AvgIpc) is 2.90. The molecule has 1 aliphatic heterocycles. The van der Waals surface area contributed by atoms with E-state index in [1.807, 2.05) is 0 Å². The van der Waals surface area contributed by atoms with Crippen molar-refractivity contribution in [3.8, 4) is 0 Å². The highest BCUT2D eigenvalue weighted by molar-refractivity contribution is 7.09. The maximum absolute atomic E-state index is 6.10. The zero-order valence-electron chi connectivity index (χ0n) is 14.2. The summed E-state index contributed by atoms with van der Waals surface area (Å²) in [6.45, 7) is 14.4. The van der Waals surface area contributed by atoms with Gasteiger partial charge in [0.1, 0.15) is 0 Å².